The van der Waals surface area contributed by atoms with Gasteiger partial charge in [-0.15, -0.1) is 0 Å². The van der Waals surface area contributed by atoms with Crippen molar-refractivity contribution in [2.75, 3.05) is 5.32 Å². The molecule has 1 N–H and O–H groups in total. The molecule has 2 heterocycles. The Bertz CT molecular complexity index is 1470. The van der Waals surface area contributed by atoms with Crippen LogP contribution in [0.4, 0.5) is 10.1 Å². The lowest BCUT2D eigenvalue weighted by atomic mass is 10.1. The number of halogens is 1. The number of amides is 1. The van der Waals surface area contributed by atoms with Gasteiger partial charge in [-0.2, -0.15) is 14.8 Å². The van der Waals surface area contributed by atoms with Gasteiger partial charge in [-0.25, -0.2) is 9.18 Å². The second kappa shape index (κ2) is 9.22. The third-order valence-electron chi connectivity index (χ3n) is 5.00. The van der Waals surface area contributed by atoms with E-state index in [1.165, 1.54) is 31.3 Å². The number of anilines is 1. The highest BCUT2D eigenvalue weighted by Crippen LogP contribution is 2.15. The lowest BCUT2D eigenvalue weighted by molar-refractivity contribution is -0.116. The highest BCUT2D eigenvalue weighted by molar-refractivity contribution is 5.90. The fraction of sp³-hybridized carbons (Fsp3) is 0.217. The van der Waals surface area contributed by atoms with Crippen molar-refractivity contribution in [3.8, 4) is 17.2 Å². The lowest BCUT2D eigenvalue weighted by Crippen LogP contribution is -2.40. The van der Waals surface area contributed by atoms with Crippen molar-refractivity contribution < 1.29 is 13.7 Å². The fourth-order valence-corrected chi connectivity index (χ4v) is 3.41. The maximum absolute atomic E-state index is 13.3. The van der Waals surface area contributed by atoms with Crippen molar-refractivity contribution in [2.24, 2.45) is 7.05 Å². The van der Waals surface area contributed by atoms with Gasteiger partial charge in [0.2, 0.25) is 17.6 Å². The number of benzene rings is 2. The van der Waals surface area contributed by atoms with Crippen molar-refractivity contribution in [3.63, 3.8) is 0 Å². The third-order valence-corrected chi connectivity index (χ3v) is 5.00. The Hall–Kier alpha value is -4.41. The van der Waals surface area contributed by atoms with Crippen LogP contribution < -0.4 is 16.6 Å². The molecule has 0 unspecified atom stereocenters. The molecule has 1 amide bonds. The summed E-state index contributed by atoms with van der Waals surface area (Å²) in [5, 5.41) is 10.7. The number of aromatic nitrogens is 5. The van der Waals surface area contributed by atoms with Gasteiger partial charge in [0.05, 0.1) is 5.69 Å². The van der Waals surface area contributed by atoms with Crippen LogP contribution >= 0.6 is 0 Å². The molecule has 0 spiro atoms. The minimum atomic E-state index is -0.719. The Morgan fingerprint density at radius 3 is 2.44 bits per heavy atom. The number of nitrogens with zero attached hydrogens (tertiary/aromatic N) is 5. The first-order valence-electron chi connectivity index (χ1n) is 10.4. The summed E-state index contributed by atoms with van der Waals surface area (Å²) in [7, 11) is 1.29. The first kappa shape index (κ1) is 22.8. The highest BCUT2D eigenvalue weighted by atomic mass is 19.1. The van der Waals surface area contributed by atoms with E-state index in [1.54, 1.807) is 0 Å². The molecule has 4 aromatic rings. The Morgan fingerprint density at radius 1 is 1.09 bits per heavy atom. The molecule has 34 heavy (non-hydrogen) atoms. The van der Waals surface area contributed by atoms with Gasteiger partial charge in [-0.1, -0.05) is 11.2 Å². The van der Waals surface area contributed by atoms with Crippen LogP contribution in [0, 0.1) is 19.7 Å². The summed E-state index contributed by atoms with van der Waals surface area (Å²) in [6.45, 7) is 3.89. The SMILES string of the molecule is Cc1cc(C)cc(NC(=O)CCc2nc(-c3nn(-c4ccc(F)cc4)c(=O)n(C)c3=O)no2)c1. The molecule has 0 saturated heterocycles. The monoisotopic (exact) mass is 464 g/mol. The quantitative estimate of drug-likeness (QED) is 0.464. The van der Waals surface area contributed by atoms with Gasteiger partial charge in [0.1, 0.15) is 5.82 Å². The molecule has 2 aromatic carbocycles. The van der Waals surface area contributed by atoms with Gasteiger partial charge >= 0.3 is 5.69 Å². The van der Waals surface area contributed by atoms with Crippen LogP contribution in [-0.2, 0) is 18.3 Å². The molecule has 2 aromatic heterocycles. The summed E-state index contributed by atoms with van der Waals surface area (Å²) < 4.78 is 20.2. The van der Waals surface area contributed by atoms with Gasteiger partial charge in [0.25, 0.3) is 5.56 Å². The molecule has 0 atom stereocenters. The average Bonchev–Trinajstić information content (AvgIpc) is 3.25. The number of carbonyl (C=O) groups excluding carboxylic acids is 1. The van der Waals surface area contributed by atoms with Crippen LogP contribution in [0.25, 0.3) is 17.2 Å². The van der Waals surface area contributed by atoms with E-state index < -0.39 is 17.1 Å². The maximum Gasteiger partial charge on any atom is 0.351 e. The molecule has 10 nitrogen and oxygen atoms in total. The van der Waals surface area contributed by atoms with Gasteiger partial charge in [-0.05, 0) is 61.4 Å². The molecular weight excluding hydrogens is 443 g/mol. The third kappa shape index (κ3) is 4.82. The van der Waals surface area contributed by atoms with Crippen LogP contribution in [0.3, 0.4) is 0 Å². The molecule has 174 valence electrons. The number of rotatable bonds is 6. The van der Waals surface area contributed by atoms with E-state index in [1.807, 2.05) is 32.0 Å². The predicted molar refractivity (Wildman–Crippen MR) is 121 cm³/mol. The van der Waals surface area contributed by atoms with E-state index in [9.17, 15) is 18.8 Å². The zero-order valence-corrected chi connectivity index (χ0v) is 18.7. The standard InChI is InChI=1S/C23H21FN6O4/c1-13-10-14(2)12-16(11-13)25-18(31)8-9-19-26-21(28-34-19)20-22(32)29(3)23(33)30(27-20)17-6-4-15(24)5-7-17/h4-7,10-12H,8-9H2,1-3H3,(H,25,31). The first-order valence-corrected chi connectivity index (χ1v) is 10.4. The van der Waals surface area contributed by atoms with E-state index in [2.05, 4.69) is 20.6 Å². The minimum absolute atomic E-state index is 0.0785. The number of carbonyl (C=O) groups is 1. The predicted octanol–water partition coefficient (Wildman–Crippen LogP) is 2.31. The zero-order chi connectivity index (χ0) is 24.4. The number of aryl methyl sites for hydroxylation is 3. The van der Waals surface area contributed by atoms with Gasteiger partial charge in [-0.3, -0.25) is 14.2 Å². The summed E-state index contributed by atoms with van der Waals surface area (Å²) >= 11 is 0. The number of nitrogens with one attached hydrogen (secondary N) is 1. The molecule has 0 saturated carbocycles. The highest BCUT2D eigenvalue weighted by Gasteiger charge is 2.19. The van der Waals surface area contributed by atoms with Gasteiger partial charge in [0.15, 0.2) is 5.69 Å². The Morgan fingerprint density at radius 2 is 1.76 bits per heavy atom. The van der Waals surface area contributed by atoms with Crippen molar-refractivity contribution in [2.45, 2.75) is 26.7 Å². The maximum atomic E-state index is 13.3. The van der Waals surface area contributed by atoms with Crippen molar-refractivity contribution in [3.05, 3.63) is 86.1 Å². The van der Waals surface area contributed by atoms with E-state index in [0.29, 0.717) is 5.69 Å². The Labute approximate surface area is 192 Å². The number of hydrogen-bond donors (Lipinski definition) is 1. The molecule has 4 rings (SSSR count). The van der Waals surface area contributed by atoms with Gasteiger partial charge < -0.3 is 9.84 Å². The fourth-order valence-electron chi connectivity index (χ4n) is 3.41. The van der Waals surface area contributed by atoms with Crippen LogP contribution in [0.5, 0.6) is 0 Å². The van der Waals surface area contributed by atoms with Crippen molar-refractivity contribution >= 4 is 11.6 Å². The topological polar surface area (TPSA) is 125 Å². The normalized spacial score (nSPS) is 10.9. The molecule has 11 heteroatoms. The van der Waals surface area contributed by atoms with Crippen LogP contribution in [0.2, 0.25) is 0 Å². The van der Waals surface area contributed by atoms with E-state index >= 15 is 0 Å². The summed E-state index contributed by atoms with van der Waals surface area (Å²) in [5.41, 5.74) is 1.37. The largest absolute Gasteiger partial charge is 0.351 e. The summed E-state index contributed by atoms with van der Waals surface area (Å²) in [6.07, 6.45) is 0.219. The van der Waals surface area contributed by atoms with Gasteiger partial charge in [0, 0.05) is 25.6 Å². The average molecular weight is 464 g/mol. The Balaban J connectivity index is 1.53. The van der Waals surface area contributed by atoms with Crippen LogP contribution in [0.15, 0.2) is 56.6 Å². The van der Waals surface area contributed by atoms with Crippen LogP contribution in [-0.4, -0.2) is 30.4 Å². The number of hydrogen-bond acceptors (Lipinski definition) is 7. The minimum Gasteiger partial charge on any atom is -0.339 e. The summed E-state index contributed by atoms with van der Waals surface area (Å²) in [4.78, 5) is 41.6. The van der Waals surface area contributed by atoms with Crippen molar-refractivity contribution in [1.82, 2.24) is 24.5 Å². The molecule has 0 bridgehead atoms. The molecular formula is C23H21FN6O4. The molecule has 0 aliphatic carbocycles. The summed E-state index contributed by atoms with van der Waals surface area (Å²) in [5.74, 6) is -0.704. The van der Waals surface area contributed by atoms with Crippen molar-refractivity contribution in [1.29, 1.82) is 0 Å². The molecule has 0 aliphatic heterocycles. The zero-order valence-electron chi connectivity index (χ0n) is 18.7. The smallest absolute Gasteiger partial charge is 0.339 e. The van der Waals surface area contributed by atoms with E-state index in [4.69, 9.17) is 4.52 Å². The van der Waals surface area contributed by atoms with E-state index in [-0.39, 0.29) is 41.8 Å². The van der Waals surface area contributed by atoms with E-state index in [0.717, 1.165) is 20.4 Å². The molecule has 0 radical (unpaired) electrons. The second-order valence-electron chi connectivity index (χ2n) is 7.82. The summed E-state index contributed by atoms with van der Waals surface area (Å²) in [6, 6.07) is 10.8. The lowest BCUT2D eigenvalue weighted by Gasteiger charge is -2.07. The van der Waals surface area contributed by atoms with Crippen LogP contribution in [0.1, 0.15) is 23.4 Å². The molecule has 0 fully saturated rings. The second-order valence-corrected chi connectivity index (χ2v) is 7.82. The Kier molecular flexibility index (Phi) is 6.17. The first-order chi connectivity index (χ1) is 16.2. The molecule has 0 aliphatic rings.